The Balaban J connectivity index is 1.61. The van der Waals surface area contributed by atoms with E-state index in [2.05, 4.69) is 15.1 Å². The summed E-state index contributed by atoms with van der Waals surface area (Å²) in [6.45, 7) is 5.14. The van der Waals surface area contributed by atoms with Crippen LogP contribution in [0, 0.1) is 0 Å². The third-order valence-electron chi connectivity index (χ3n) is 5.10. The van der Waals surface area contributed by atoms with Crippen molar-refractivity contribution in [3.05, 3.63) is 47.5 Å². The second kappa shape index (κ2) is 9.17. The fraction of sp³-hybridized carbons (Fsp3) is 0.381. The van der Waals surface area contributed by atoms with E-state index in [1.54, 1.807) is 32.4 Å². The second-order valence-corrected chi connectivity index (χ2v) is 7.11. The Bertz CT molecular complexity index is 822. The van der Waals surface area contributed by atoms with Crippen molar-refractivity contribution in [2.45, 2.75) is 13.0 Å². The highest BCUT2D eigenvalue weighted by atomic mass is 35.5. The lowest BCUT2D eigenvalue weighted by Crippen LogP contribution is -2.52. The van der Waals surface area contributed by atoms with Crippen LogP contribution in [0.15, 0.2) is 42.5 Å². The molecule has 7 heteroatoms. The Morgan fingerprint density at radius 1 is 1.07 bits per heavy atom. The Kier molecular flexibility index (Phi) is 6.65. The highest BCUT2D eigenvalue weighted by molar-refractivity contribution is 6.33. The molecule has 1 aliphatic rings. The lowest BCUT2D eigenvalue weighted by molar-refractivity contribution is -0.120. The van der Waals surface area contributed by atoms with Gasteiger partial charge in [-0.1, -0.05) is 23.7 Å². The average molecular weight is 404 g/mol. The molecule has 0 aromatic heterocycles. The number of hydrogen-bond donors (Lipinski definition) is 1. The van der Waals surface area contributed by atoms with Crippen LogP contribution in [0.3, 0.4) is 0 Å². The summed E-state index contributed by atoms with van der Waals surface area (Å²) in [5, 5.41) is 3.72. The van der Waals surface area contributed by atoms with Crippen molar-refractivity contribution < 1.29 is 14.3 Å². The quantitative estimate of drug-likeness (QED) is 0.799. The summed E-state index contributed by atoms with van der Waals surface area (Å²) in [6, 6.07) is 12.9. The number of halogens is 1. The van der Waals surface area contributed by atoms with Gasteiger partial charge in [0.15, 0.2) is 0 Å². The number of nitrogens with one attached hydrogen (secondary N) is 1. The van der Waals surface area contributed by atoms with Gasteiger partial charge in [0.2, 0.25) is 5.91 Å². The zero-order chi connectivity index (χ0) is 20.1. The maximum absolute atomic E-state index is 12.8. The summed E-state index contributed by atoms with van der Waals surface area (Å²) in [6.07, 6.45) is 0. The summed E-state index contributed by atoms with van der Waals surface area (Å²) < 4.78 is 10.6. The van der Waals surface area contributed by atoms with Crippen molar-refractivity contribution in [2.24, 2.45) is 0 Å². The van der Waals surface area contributed by atoms with E-state index < -0.39 is 0 Å². The zero-order valence-electron chi connectivity index (χ0n) is 16.4. The zero-order valence-corrected chi connectivity index (χ0v) is 17.2. The smallest absolute Gasteiger partial charge is 0.241 e. The molecule has 0 spiro atoms. The van der Waals surface area contributed by atoms with E-state index in [-0.39, 0.29) is 11.9 Å². The van der Waals surface area contributed by atoms with Crippen molar-refractivity contribution in [1.29, 1.82) is 0 Å². The first-order chi connectivity index (χ1) is 13.5. The summed E-state index contributed by atoms with van der Waals surface area (Å²) >= 11 is 6.31. The lowest BCUT2D eigenvalue weighted by Gasteiger charge is -2.38. The molecule has 1 amide bonds. The molecule has 1 saturated heterocycles. The van der Waals surface area contributed by atoms with Crippen LogP contribution >= 0.6 is 11.6 Å². The Labute approximate surface area is 171 Å². The summed E-state index contributed by atoms with van der Waals surface area (Å²) in [5.74, 6) is 1.19. The van der Waals surface area contributed by atoms with Crippen LogP contribution in [0.25, 0.3) is 0 Å². The largest absolute Gasteiger partial charge is 0.497 e. The molecule has 1 fully saturated rings. The lowest BCUT2D eigenvalue weighted by atomic mass is 10.2. The number of carbonyl (C=O) groups is 1. The molecule has 150 valence electrons. The van der Waals surface area contributed by atoms with Crippen LogP contribution < -0.4 is 19.7 Å². The minimum Gasteiger partial charge on any atom is -0.497 e. The minimum atomic E-state index is -0.260. The van der Waals surface area contributed by atoms with Crippen molar-refractivity contribution in [1.82, 2.24) is 4.90 Å². The van der Waals surface area contributed by atoms with E-state index in [4.69, 9.17) is 21.1 Å². The van der Waals surface area contributed by atoms with Gasteiger partial charge in [-0.15, -0.1) is 0 Å². The summed E-state index contributed by atoms with van der Waals surface area (Å²) in [7, 11) is 3.17. The maximum Gasteiger partial charge on any atom is 0.241 e. The third kappa shape index (κ3) is 4.51. The van der Waals surface area contributed by atoms with Crippen LogP contribution in [0.5, 0.6) is 11.5 Å². The Morgan fingerprint density at radius 2 is 1.79 bits per heavy atom. The molecule has 1 unspecified atom stereocenters. The molecule has 3 rings (SSSR count). The fourth-order valence-corrected chi connectivity index (χ4v) is 3.63. The highest BCUT2D eigenvalue weighted by Gasteiger charge is 2.27. The van der Waals surface area contributed by atoms with Gasteiger partial charge >= 0.3 is 0 Å². The van der Waals surface area contributed by atoms with Gasteiger partial charge in [-0.3, -0.25) is 9.69 Å². The van der Waals surface area contributed by atoms with Gasteiger partial charge in [0.25, 0.3) is 0 Å². The number of benzene rings is 2. The van der Waals surface area contributed by atoms with Gasteiger partial charge in [0.05, 0.1) is 36.7 Å². The van der Waals surface area contributed by atoms with Crippen molar-refractivity contribution >= 4 is 28.9 Å². The van der Waals surface area contributed by atoms with E-state index in [0.29, 0.717) is 17.2 Å². The van der Waals surface area contributed by atoms with Crippen LogP contribution in [0.2, 0.25) is 5.02 Å². The van der Waals surface area contributed by atoms with Crippen molar-refractivity contribution in [2.75, 3.05) is 50.6 Å². The molecule has 2 aromatic carbocycles. The van der Waals surface area contributed by atoms with E-state index in [0.717, 1.165) is 36.9 Å². The average Bonchev–Trinajstić information content (AvgIpc) is 2.73. The third-order valence-corrected chi connectivity index (χ3v) is 5.42. The number of piperazine rings is 1. The predicted octanol–water partition coefficient (Wildman–Crippen LogP) is 3.51. The highest BCUT2D eigenvalue weighted by Crippen LogP contribution is 2.30. The van der Waals surface area contributed by atoms with E-state index >= 15 is 0 Å². The molecule has 2 aromatic rings. The van der Waals surface area contributed by atoms with Gasteiger partial charge in [0.1, 0.15) is 11.5 Å². The monoisotopic (exact) mass is 403 g/mol. The van der Waals surface area contributed by atoms with E-state index in [1.807, 2.05) is 31.2 Å². The normalized spacial score (nSPS) is 15.8. The molecule has 1 aliphatic heterocycles. The predicted molar refractivity (Wildman–Crippen MR) is 113 cm³/mol. The number of amides is 1. The number of ether oxygens (including phenoxy) is 2. The molecule has 0 radical (unpaired) electrons. The SMILES string of the molecule is COc1ccc(OC)c(NC(=O)C(C)N2CCN(c3ccccc3Cl)CC2)c1. The van der Waals surface area contributed by atoms with Crippen LogP contribution in [0.4, 0.5) is 11.4 Å². The van der Waals surface area contributed by atoms with Gasteiger partial charge in [0, 0.05) is 32.2 Å². The first-order valence-corrected chi connectivity index (χ1v) is 9.67. The Morgan fingerprint density at radius 3 is 2.43 bits per heavy atom. The molecule has 1 heterocycles. The molecule has 6 nitrogen and oxygen atoms in total. The number of para-hydroxylation sites is 1. The summed E-state index contributed by atoms with van der Waals surface area (Å²) in [5.41, 5.74) is 1.65. The molecular weight excluding hydrogens is 378 g/mol. The number of hydrogen-bond acceptors (Lipinski definition) is 5. The van der Waals surface area contributed by atoms with E-state index in [9.17, 15) is 4.79 Å². The van der Waals surface area contributed by atoms with Gasteiger partial charge in [-0.05, 0) is 31.2 Å². The van der Waals surface area contributed by atoms with Crippen LogP contribution in [0.1, 0.15) is 6.92 Å². The summed E-state index contributed by atoms with van der Waals surface area (Å²) in [4.78, 5) is 17.2. The van der Waals surface area contributed by atoms with Gasteiger partial charge in [-0.25, -0.2) is 0 Å². The minimum absolute atomic E-state index is 0.0715. The molecular formula is C21H26ClN3O3. The number of carbonyl (C=O) groups excluding carboxylic acids is 1. The maximum atomic E-state index is 12.8. The van der Waals surface area contributed by atoms with Crippen molar-refractivity contribution in [3.63, 3.8) is 0 Å². The fourth-order valence-electron chi connectivity index (χ4n) is 3.37. The molecule has 0 bridgehead atoms. The molecule has 0 aliphatic carbocycles. The second-order valence-electron chi connectivity index (χ2n) is 6.71. The van der Waals surface area contributed by atoms with Crippen LogP contribution in [-0.2, 0) is 4.79 Å². The van der Waals surface area contributed by atoms with Crippen molar-refractivity contribution in [3.8, 4) is 11.5 Å². The molecule has 28 heavy (non-hydrogen) atoms. The number of methoxy groups -OCH3 is 2. The first kappa shape index (κ1) is 20.3. The number of rotatable bonds is 6. The van der Waals surface area contributed by atoms with Gasteiger partial charge < -0.3 is 19.7 Å². The Hall–Kier alpha value is -2.44. The van der Waals surface area contributed by atoms with E-state index in [1.165, 1.54) is 0 Å². The molecule has 1 N–H and O–H groups in total. The topological polar surface area (TPSA) is 54.0 Å². The number of nitrogens with zero attached hydrogens (tertiary/aromatic N) is 2. The molecule has 0 saturated carbocycles. The van der Waals surface area contributed by atoms with Crippen LogP contribution in [-0.4, -0.2) is 57.2 Å². The van der Waals surface area contributed by atoms with Gasteiger partial charge in [-0.2, -0.15) is 0 Å². The first-order valence-electron chi connectivity index (χ1n) is 9.30. The standard InChI is InChI=1S/C21H26ClN3O3/c1-15(21(26)23-18-14-16(27-2)8-9-20(18)28-3)24-10-12-25(13-11-24)19-7-5-4-6-17(19)22/h4-9,14-15H,10-13H2,1-3H3,(H,23,26). The molecule has 1 atom stereocenters. The number of anilines is 2.